The summed E-state index contributed by atoms with van der Waals surface area (Å²) in [5.74, 6) is -2.70. The minimum Gasteiger partial charge on any atom is -0.507 e. The van der Waals surface area contributed by atoms with Crippen LogP contribution >= 0.6 is 0 Å². The molecule has 4 rings (SSSR count). The molecule has 0 saturated carbocycles. The van der Waals surface area contributed by atoms with E-state index in [0.29, 0.717) is 13.1 Å². The Bertz CT molecular complexity index is 1750. The molecule has 4 aromatic carbocycles. The summed E-state index contributed by atoms with van der Waals surface area (Å²) in [4.78, 5) is 58.8. The topological polar surface area (TPSA) is 137 Å². The monoisotopic (exact) mass is 709 g/mol. The summed E-state index contributed by atoms with van der Waals surface area (Å²) in [6.07, 6.45) is 0. The van der Waals surface area contributed by atoms with Crippen molar-refractivity contribution in [2.24, 2.45) is 0 Å². The van der Waals surface area contributed by atoms with Gasteiger partial charge in [0.05, 0.1) is 22.3 Å². The summed E-state index contributed by atoms with van der Waals surface area (Å²) in [6, 6.07) is 22.4. The molecule has 0 saturated heterocycles. The second-order valence-electron chi connectivity index (χ2n) is 12.1. The van der Waals surface area contributed by atoms with Gasteiger partial charge in [0.2, 0.25) is 0 Å². The number of carbonyl (C=O) groups is 4. The molecule has 0 spiro atoms. The van der Waals surface area contributed by atoms with Crippen molar-refractivity contribution in [2.45, 2.75) is 27.7 Å². The van der Waals surface area contributed by atoms with Crippen molar-refractivity contribution < 1.29 is 38.9 Å². The summed E-state index contributed by atoms with van der Waals surface area (Å²) in [5, 5.41) is 21.3. The second kappa shape index (κ2) is 18.5. The van der Waals surface area contributed by atoms with E-state index in [1.54, 1.807) is 72.6 Å². The van der Waals surface area contributed by atoms with Crippen LogP contribution in [0.1, 0.15) is 80.3 Å². The molecule has 0 aliphatic heterocycles. The number of esters is 2. The molecule has 0 aliphatic carbocycles. The van der Waals surface area contributed by atoms with Crippen molar-refractivity contribution >= 4 is 34.9 Å². The zero-order valence-electron chi connectivity index (χ0n) is 30.4. The van der Waals surface area contributed by atoms with E-state index in [0.717, 1.165) is 37.6 Å². The van der Waals surface area contributed by atoms with Crippen molar-refractivity contribution in [3.8, 4) is 11.5 Å². The minimum absolute atomic E-state index is 0.00348. The van der Waals surface area contributed by atoms with Crippen LogP contribution in [0.5, 0.6) is 11.5 Å². The van der Waals surface area contributed by atoms with Crippen LogP contribution in [0.25, 0.3) is 0 Å². The quantitative estimate of drug-likeness (QED) is 0.0903. The number of carbonyl (C=O) groups excluding carboxylic acids is 4. The van der Waals surface area contributed by atoms with E-state index in [1.807, 2.05) is 37.5 Å². The number of phenolic OH excluding ortho intramolecular Hbond substituents is 2. The molecule has 0 fully saturated rings. The highest BCUT2D eigenvalue weighted by Crippen LogP contribution is 2.29. The lowest BCUT2D eigenvalue weighted by Gasteiger charge is -2.21. The summed E-state index contributed by atoms with van der Waals surface area (Å²) in [6.45, 7) is 11.6. The number of ketones is 2. The van der Waals surface area contributed by atoms with Gasteiger partial charge in [-0.2, -0.15) is 0 Å². The van der Waals surface area contributed by atoms with Gasteiger partial charge >= 0.3 is 11.9 Å². The predicted molar refractivity (Wildman–Crippen MR) is 201 cm³/mol. The van der Waals surface area contributed by atoms with Gasteiger partial charge in [0.15, 0.2) is 11.6 Å². The third-order valence-corrected chi connectivity index (χ3v) is 8.90. The molecular formula is C41H47N3O8. The molecule has 4 aromatic rings. The van der Waals surface area contributed by atoms with Crippen LogP contribution in [0.3, 0.4) is 0 Å². The Labute approximate surface area is 305 Å². The Balaban J connectivity index is 1.31. The van der Waals surface area contributed by atoms with E-state index in [9.17, 15) is 29.4 Å². The minimum atomic E-state index is -0.682. The lowest BCUT2D eigenvalue weighted by atomic mass is 9.97. The molecule has 0 amide bonds. The first-order valence-electron chi connectivity index (χ1n) is 17.5. The highest BCUT2D eigenvalue weighted by atomic mass is 16.5. The van der Waals surface area contributed by atoms with E-state index in [1.165, 1.54) is 24.3 Å². The summed E-state index contributed by atoms with van der Waals surface area (Å²) in [5.41, 5.74) is 2.14. The number of hydrogen-bond acceptors (Lipinski definition) is 11. The smallest absolute Gasteiger partial charge is 0.338 e. The maximum Gasteiger partial charge on any atom is 0.338 e. The summed E-state index contributed by atoms with van der Waals surface area (Å²) < 4.78 is 11.0. The van der Waals surface area contributed by atoms with Crippen LogP contribution in [0.15, 0.2) is 84.9 Å². The molecule has 0 aliphatic rings. The second-order valence-corrected chi connectivity index (χ2v) is 12.1. The Morgan fingerprint density at radius 3 is 1.19 bits per heavy atom. The van der Waals surface area contributed by atoms with Crippen LogP contribution in [-0.4, -0.2) is 98.1 Å². The maximum absolute atomic E-state index is 13.4. The lowest BCUT2D eigenvalue weighted by Crippen LogP contribution is -2.29. The third-order valence-electron chi connectivity index (χ3n) is 8.90. The fraction of sp³-hybridized carbons (Fsp3) is 0.317. The number of likely N-dealkylation sites (N-methyl/N-ethyl adjacent to an activating group) is 1. The molecular weight excluding hydrogens is 662 g/mol. The SMILES string of the molecule is CCN(CC)c1ccc(C(=O)c2ccccc2C(=O)OCCN(C)CCOC(=O)c2ccccc2C(=O)c2ccc(N(CC)CC)cc2O)c(O)c1. The number of anilines is 2. The van der Waals surface area contributed by atoms with E-state index >= 15 is 0 Å². The number of rotatable bonds is 18. The first-order chi connectivity index (χ1) is 25.0. The van der Waals surface area contributed by atoms with Gasteiger partial charge < -0.3 is 29.5 Å². The number of aromatic hydroxyl groups is 2. The van der Waals surface area contributed by atoms with Gasteiger partial charge in [0, 0.05) is 73.9 Å². The molecule has 0 heterocycles. The van der Waals surface area contributed by atoms with E-state index < -0.39 is 23.5 Å². The summed E-state index contributed by atoms with van der Waals surface area (Å²) >= 11 is 0. The molecule has 52 heavy (non-hydrogen) atoms. The highest BCUT2D eigenvalue weighted by molar-refractivity contribution is 6.16. The number of ether oxygens (including phenoxy) is 2. The maximum atomic E-state index is 13.4. The normalized spacial score (nSPS) is 10.9. The van der Waals surface area contributed by atoms with Crippen molar-refractivity contribution in [1.82, 2.24) is 4.90 Å². The zero-order valence-corrected chi connectivity index (χ0v) is 30.4. The lowest BCUT2D eigenvalue weighted by molar-refractivity contribution is 0.0416. The number of benzene rings is 4. The van der Waals surface area contributed by atoms with Crippen molar-refractivity contribution in [3.05, 3.63) is 118 Å². The molecule has 0 bridgehead atoms. The Morgan fingerprint density at radius 1 is 0.519 bits per heavy atom. The van der Waals surface area contributed by atoms with E-state index in [2.05, 4.69) is 0 Å². The van der Waals surface area contributed by atoms with Crippen LogP contribution < -0.4 is 9.80 Å². The molecule has 11 nitrogen and oxygen atoms in total. The van der Waals surface area contributed by atoms with Gasteiger partial charge in [-0.25, -0.2) is 9.59 Å². The van der Waals surface area contributed by atoms with Crippen LogP contribution in [0.4, 0.5) is 11.4 Å². The largest absolute Gasteiger partial charge is 0.507 e. The van der Waals surface area contributed by atoms with Crippen molar-refractivity contribution in [1.29, 1.82) is 0 Å². The Kier molecular flexibility index (Phi) is 13.9. The average molecular weight is 710 g/mol. The molecule has 0 atom stereocenters. The van der Waals surface area contributed by atoms with E-state index in [4.69, 9.17) is 9.47 Å². The van der Waals surface area contributed by atoms with Gasteiger partial charge in [-0.1, -0.05) is 36.4 Å². The molecule has 0 radical (unpaired) electrons. The summed E-state index contributed by atoms with van der Waals surface area (Å²) in [7, 11) is 1.77. The predicted octanol–water partition coefficient (Wildman–Crippen LogP) is 6.20. The standard InChI is InChI=1S/C41H47N3O8/c1-6-43(7-2)28-18-20-34(36(45)26-28)38(47)30-14-10-12-16-32(30)40(49)51-24-22-42(5)23-25-52-41(50)33-17-13-11-15-31(33)39(48)35-21-19-29(27-37(35)46)44(8-3)9-4/h10-21,26-27,45-46H,6-9,22-25H2,1-5H3. The van der Waals surface area contributed by atoms with Crippen LogP contribution in [0.2, 0.25) is 0 Å². The van der Waals surface area contributed by atoms with Gasteiger partial charge in [-0.3, -0.25) is 14.5 Å². The first-order valence-corrected chi connectivity index (χ1v) is 17.5. The zero-order chi connectivity index (χ0) is 37.8. The molecule has 11 heteroatoms. The number of nitrogens with zero attached hydrogens (tertiary/aromatic N) is 3. The van der Waals surface area contributed by atoms with Gasteiger partial charge in [0.25, 0.3) is 0 Å². The van der Waals surface area contributed by atoms with Crippen molar-refractivity contribution in [3.63, 3.8) is 0 Å². The van der Waals surface area contributed by atoms with Crippen LogP contribution in [-0.2, 0) is 9.47 Å². The highest BCUT2D eigenvalue weighted by Gasteiger charge is 2.24. The molecule has 0 aromatic heterocycles. The third kappa shape index (κ3) is 9.35. The number of phenols is 2. The van der Waals surface area contributed by atoms with Crippen molar-refractivity contribution in [2.75, 3.05) is 69.3 Å². The first kappa shape index (κ1) is 39.1. The Hall–Kier alpha value is -5.68. The molecule has 0 unspecified atom stereocenters. The van der Waals surface area contributed by atoms with Gasteiger partial charge in [-0.15, -0.1) is 0 Å². The van der Waals surface area contributed by atoms with Gasteiger partial charge in [-0.05, 0) is 71.1 Å². The fourth-order valence-corrected chi connectivity index (χ4v) is 5.86. The Morgan fingerprint density at radius 2 is 0.865 bits per heavy atom. The number of hydrogen-bond donors (Lipinski definition) is 2. The van der Waals surface area contributed by atoms with Crippen LogP contribution in [0, 0.1) is 0 Å². The fourth-order valence-electron chi connectivity index (χ4n) is 5.86. The molecule has 274 valence electrons. The van der Waals surface area contributed by atoms with E-state index in [-0.39, 0.29) is 58.1 Å². The average Bonchev–Trinajstić information content (AvgIpc) is 3.15. The molecule has 2 N–H and O–H groups in total. The van der Waals surface area contributed by atoms with Gasteiger partial charge in [0.1, 0.15) is 24.7 Å².